The second-order valence-corrected chi connectivity index (χ2v) is 5.04. The van der Waals surface area contributed by atoms with E-state index in [2.05, 4.69) is 15.3 Å². The molecule has 1 rings (SSSR count). The number of azide groups is 1. The lowest BCUT2D eigenvalue weighted by Crippen LogP contribution is -2.50. The number of phenolic OH excluding ortho intramolecular Hbond substituents is 1. The monoisotopic (exact) mass is 292 g/mol. The summed E-state index contributed by atoms with van der Waals surface area (Å²) in [4.78, 5) is 14.1. The molecule has 0 aliphatic heterocycles. The van der Waals surface area contributed by atoms with E-state index in [0.717, 1.165) is 5.56 Å². The van der Waals surface area contributed by atoms with E-state index >= 15 is 0 Å². The van der Waals surface area contributed by atoms with Gasteiger partial charge in [0.25, 0.3) is 0 Å². The molecule has 1 atom stereocenters. The lowest BCUT2D eigenvalue weighted by Gasteiger charge is -2.26. The lowest BCUT2D eigenvalue weighted by atomic mass is 9.93. The number of aromatic hydroxyl groups is 1. The van der Waals surface area contributed by atoms with Crippen LogP contribution in [-0.2, 0) is 11.2 Å². The Morgan fingerprint density at radius 2 is 2.10 bits per heavy atom. The Hall–Kier alpha value is -2.24. The zero-order chi connectivity index (χ0) is 15.7. The predicted octanol–water partition coefficient (Wildman–Crippen LogP) is 2.46. The second-order valence-electron chi connectivity index (χ2n) is 5.04. The number of aliphatic carboxylic acids is 1. The van der Waals surface area contributed by atoms with Crippen molar-refractivity contribution in [2.75, 3.05) is 13.1 Å². The molecule has 0 radical (unpaired) electrons. The van der Waals surface area contributed by atoms with Crippen LogP contribution in [0.2, 0.25) is 0 Å². The molecule has 7 heteroatoms. The first-order valence-corrected chi connectivity index (χ1v) is 6.75. The Kier molecular flexibility index (Phi) is 6.52. The van der Waals surface area contributed by atoms with Crippen LogP contribution in [-0.4, -0.2) is 34.8 Å². The number of nitrogens with zero attached hydrogens (tertiary/aromatic N) is 3. The van der Waals surface area contributed by atoms with Crippen molar-refractivity contribution in [1.82, 2.24) is 5.32 Å². The van der Waals surface area contributed by atoms with Crippen LogP contribution in [0.5, 0.6) is 5.75 Å². The fourth-order valence-corrected chi connectivity index (χ4v) is 1.89. The Labute approximate surface area is 123 Å². The minimum absolute atomic E-state index is 0.191. The standard InChI is InChI=1S/C14H20N4O3/c1-14(13(20)21,16-9-2-10-17-18-15)8-7-11-3-5-12(19)6-4-11/h3-6,16,19H,2,7-10H2,1H3,(H,20,21). The molecule has 0 saturated carbocycles. The van der Waals surface area contributed by atoms with E-state index in [1.807, 2.05) is 0 Å². The molecule has 0 spiro atoms. The van der Waals surface area contributed by atoms with Gasteiger partial charge in [-0.1, -0.05) is 17.2 Å². The van der Waals surface area contributed by atoms with Gasteiger partial charge in [0.15, 0.2) is 0 Å². The highest BCUT2D eigenvalue weighted by atomic mass is 16.4. The quantitative estimate of drug-likeness (QED) is 0.280. The third-order valence-corrected chi connectivity index (χ3v) is 3.34. The minimum Gasteiger partial charge on any atom is -0.508 e. The molecule has 0 aromatic heterocycles. The third-order valence-electron chi connectivity index (χ3n) is 3.34. The number of rotatable bonds is 9. The van der Waals surface area contributed by atoms with Crippen LogP contribution in [0.1, 0.15) is 25.3 Å². The summed E-state index contributed by atoms with van der Waals surface area (Å²) in [5.74, 6) is -0.721. The number of carboxylic acids is 1. The highest BCUT2D eigenvalue weighted by molar-refractivity contribution is 5.78. The number of carbonyl (C=O) groups is 1. The molecule has 0 heterocycles. The SMILES string of the molecule is CC(CCc1ccc(O)cc1)(NCCCN=[N+]=[N-])C(=O)O. The predicted molar refractivity (Wildman–Crippen MR) is 79.1 cm³/mol. The molecule has 0 bridgehead atoms. The normalized spacial score (nSPS) is 13.2. The molecule has 1 aromatic carbocycles. The van der Waals surface area contributed by atoms with Crippen LogP contribution in [0.15, 0.2) is 29.4 Å². The molecule has 0 aliphatic carbocycles. The summed E-state index contributed by atoms with van der Waals surface area (Å²) >= 11 is 0. The summed E-state index contributed by atoms with van der Waals surface area (Å²) in [6, 6.07) is 6.72. The van der Waals surface area contributed by atoms with Crippen LogP contribution in [0.25, 0.3) is 10.4 Å². The van der Waals surface area contributed by atoms with Crippen molar-refractivity contribution in [1.29, 1.82) is 0 Å². The van der Waals surface area contributed by atoms with Crippen LogP contribution in [0, 0.1) is 0 Å². The molecular weight excluding hydrogens is 272 g/mol. The van der Waals surface area contributed by atoms with Crippen LogP contribution in [0.3, 0.4) is 0 Å². The zero-order valence-electron chi connectivity index (χ0n) is 12.0. The van der Waals surface area contributed by atoms with Gasteiger partial charge in [0, 0.05) is 11.5 Å². The molecule has 3 N–H and O–H groups in total. The third kappa shape index (κ3) is 5.72. The van der Waals surface area contributed by atoms with Gasteiger partial charge in [-0.25, -0.2) is 0 Å². The maximum absolute atomic E-state index is 11.4. The summed E-state index contributed by atoms with van der Waals surface area (Å²) in [6.07, 6.45) is 1.60. The van der Waals surface area contributed by atoms with E-state index in [9.17, 15) is 15.0 Å². The average Bonchev–Trinajstić information content (AvgIpc) is 2.46. The molecule has 0 saturated heterocycles. The number of phenols is 1. The topological polar surface area (TPSA) is 118 Å². The van der Waals surface area contributed by atoms with Crippen molar-refractivity contribution < 1.29 is 15.0 Å². The minimum atomic E-state index is -1.03. The largest absolute Gasteiger partial charge is 0.508 e. The van der Waals surface area contributed by atoms with Crippen molar-refractivity contribution in [3.05, 3.63) is 40.3 Å². The smallest absolute Gasteiger partial charge is 0.323 e. The molecule has 7 nitrogen and oxygen atoms in total. The zero-order valence-corrected chi connectivity index (χ0v) is 12.0. The van der Waals surface area contributed by atoms with Crippen molar-refractivity contribution in [2.45, 2.75) is 31.7 Å². The van der Waals surface area contributed by atoms with Gasteiger partial charge in [0.2, 0.25) is 0 Å². The number of hydrogen-bond donors (Lipinski definition) is 3. The van der Waals surface area contributed by atoms with Gasteiger partial charge < -0.3 is 15.5 Å². The average molecular weight is 292 g/mol. The summed E-state index contributed by atoms with van der Waals surface area (Å²) in [6.45, 7) is 2.46. The molecule has 0 aliphatic rings. The van der Waals surface area contributed by atoms with E-state index in [-0.39, 0.29) is 5.75 Å². The Morgan fingerprint density at radius 3 is 2.67 bits per heavy atom. The number of hydrogen-bond acceptors (Lipinski definition) is 4. The highest BCUT2D eigenvalue weighted by Gasteiger charge is 2.31. The van der Waals surface area contributed by atoms with Crippen molar-refractivity contribution in [2.24, 2.45) is 5.11 Å². The van der Waals surface area contributed by atoms with Gasteiger partial charge in [-0.15, -0.1) is 0 Å². The maximum atomic E-state index is 11.4. The maximum Gasteiger partial charge on any atom is 0.323 e. The van der Waals surface area contributed by atoms with E-state index in [4.69, 9.17) is 5.53 Å². The van der Waals surface area contributed by atoms with Crippen LogP contribution < -0.4 is 5.32 Å². The van der Waals surface area contributed by atoms with E-state index < -0.39 is 11.5 Å². The van der Waals surface area contributed by atoms with Gasteiger partial charge in [-0.05, 0) is 56.0 Å². The van der Waals surface area contributed by atoms with Gasteiger partial charge in [-0.3, -0.25) is 4.79 Å². The summed E-state index contributed by atoms with van der Waals surface area (Å²) in [5, 5.41) is 25.0. The summed E-state index contributed by atoms with van der Waals surface area (Å²) < 4.78 is 0. The Morgan fingerprint density at radius 1 is 1.43 bits per heavy atom. The van der Waals surface area contributed by atoms with Crippen molar-refractivity contribution in [3.63, 3.8) is 0 Å². The number of nitrogens with one attached hydrogen (secondary N) is 1. The van der Waals surface area contributed by atoms with Gasteiger partial charge >= 0.3 is 5.97 Å². The Bertz CT molecular complexity index is 511. The lowest BCUT2D eigenvalue weighted by molar-refractivity contribution is -0.144. The van der Waals surface area contributed by atoms with Crippen molar-refractivity contribution in [3.8, 4) is 5.75 Å². The molecule has 1 aromatic rings. The number of aryl methyl sites for hydroxylation is 1. The molecule has 21 heavy (non-hydrogen) atoms. The fourth-order valence-electron chi connectivity index (χ4n) is 1.89. The summed E-state index contributed by atoms with van der Waals surface area (Å²) in [7, 11) is 0. The van der Waals surface area contributed by atoms with E-state index in [0.29, 0.717) is 32.4 Å². The molecule has 114 valence electrons. The molecular formula is C14H20N4O3. The number of carboxylic acid groups (broad SMARTS) is 1. The van der Waals surface area contributed by atoms with Crippen molar-refractivity contribution >= 4 is 5.97 Å². The fraction of sp³-hybridized carbons (Fsp3) is 0.500. The second kappa shape index (κ2) is 8.14. The van der Waals surface area contributed by atoms with E-state index in [1.54, 1.807) is 31.2 Å². The molecule has 1 unspecified atom stereocenters. The first-order valence-electron chi connectivity index (χ1n) is 6.75. The number of benzene rings is 1. The highest BCUT2D eigenvalue weighted by Crippen LogP contribution is 2.17. The van der Waals surface area contributed by atoms with Gasteiger partial charge in [0.05, 0.1) is 0 Å². The first kappa shape index (κ1) is 16.8. The van der Waals surface area contributed by atoms with E-state index in [1.165, 1.54) is 0 Å². The van der Waals surface area contributed by atoms with Crippen LogP contribution in [0.4, 0.5) is 0 Å². The first-order chi connectivity index (χ1) is 9.98. The summed E-state index contributed by atoms with van der Waals surface area (Å²) in [5.41, 5.74) is 8.10. The van der Waals surface area contributed by atoms with Crippen LogP contribution >= 0.6 is 0 Å². The van der Waals surface area contributed by atoms with Gasteiger partial charge in [-0.2, -0.15) is 0 Å². The Balaban J connectivity index is 2.52. The molecule has 0 amide bonds. The molecule has 0 fully saturated rings. The van der Waals surface area contributed by atoms with Gasteiger partial charge in [0.1, 0.15) is 11.3 Å².